The molecule has 1 aliphatic rings. The molecule has 0 saturated heterocycles. The molecule has 0 spiro atoms. The van der Waals surface area contributed by atoms with E-state index < -0.39 is 0 Å². The molecule has 3 nitrogen and oxygen atoms in total. The molecular weight excluding hydrogens is 378 g/mol. The van der Waals surface area contributed by atoms with Crippen LogP contribution in [-0.2, 0) is 0 Å². The summed E-state index contributed by atoms with van der Waals surface area (Å²) in [5.74, 6) is 0. The van der Waals surface area contributed by atoms with Crippen molar-refractivity contribution in [1.29, 1.82) is 0 Å². The molecule has 162 valence electrons. The van der Waals surface area contributed by atoms with Gasteiger partial charge < -0.3 is 0 Å². The Kier molecular flexibility index (Phi) is 6.45. The van der Waals surface area contributed by atoms with E-state index in [-0.39, 0.29) is 0 Å². The Morgan fingerprint density at radius 3 is 1.45 bits per heavy atom. The normalized spacial score (nSPS) is 14.8. The third kappa shape index (κ3) is 4.46. The Morgan fingerprint density at radius 1 is 0.645 bits per heavy atom. The monoisotopic (exact) mass is 413 g/mol. The van der Waals surface area contributed by atoms with Crippen LogP contribution in [0, 0.1) is 55.4 Å². The molecule has 2 aromatic carbocycles. The fourth-order valence-electron chi connectivity index (χ4n) is 4.07. The van der Waals surface area contributed by atoms with Crippen molar-refractivity contribution in [2.24, 2.45) is 15.0 Å². The number of nitrogens with zero attached hydrogens (tertiary/aromatic N) is 3. The summed E-state index contributed by atoms with van der Waals surface area (Å²) >= 11 is 0. The molecule has 2 aromatic rings. The summed E-state index contributed by atoms with van der Waals surface area (Å²) in [5.41, 5.74) is 16.2. The summed E-state index contributed by atoms with van der Waals surface area (Å²) in [7, 11) is 0. The Balaban J connectivity index is 1.95. The second-order valence-electron chi connectivity index (χ2n) is 8.96. The summed E-state index contributed by atoms with van der Waals surface area (Å²) in [4.78, 5) is 14.9. The molecule has 0 unspecified atom stereocenters. The predicted molar refractivity (Wildman–Crippen MR) is 136 cm³/mol. The SMILES string of the molecule is CC(=Nc1c(C)c(C)cc(C)c1C)C1=CCC(C(C)=Nc2c(C)c(C)cc(C)c2C)=N1. The van der Waals surface area contributed by atoms with E-state index in [2.05, 4.69) is 87.4 Å². The van der Waals surface area contributed by atoms with Crippen LogP contribution < -0.4 is 0 Å². The topological polar surface area (TPSA) is 37.1 Å². The van der Waals surface area contributed by atoms with Gasteiger partial charge >= 0.3 is 0 Å². The van der Waals surface area contributed by atoms with Gasteiger partial charge in [0.05, 0.1) is 34.2 Å². The van der Waals surface area contributed by atoms with E-state index in [1.165, 1.54) is 44.5 Å². The lowest BCUT2D eigenvalue weighted by Crippen LogP contribution is -2.07. The van der Waals surface area contributed by atoms with Crippen LogP contribution >= 0.6 is 0 Å². The first-order valence-electron chi connectivity index (χ1n) is 11.0. The molecule has 0 atom stereocenters. The van der Waals surface area contributed by atoms with Crippen molar-refractivity contribution in [2.45, 2.75) is 75.7 Å². The van der Waals surface area contributed by atoms with Crippen LogP contribution in [0.5, 0.6) is 0 Å². The first-order chi connectivity index (χ1) is 14.5. The van der Waals surface area contributed by atoms with Gasteiger partial charge in [0.25, 0.3) is 0 Å². The Morgan fingerprint density at radius 2 is 1.03 bits per heavy atom. The van der Waals surface area contributed by atoms with Crippen molar-refractivity contribution in [3.05, 3.63) is 68.4 Å². The van der Waals surface area contributed by atoms with E-state index >= 15 is 0 Å². The molecule has 0 aromatic heterocycles. The smallest absolute Gasteiger partial charge is 0.0810 e. The zero-order valence-corrected chi connectivity index (χ0v) is 20.8. The number of benzene rings is 2. The molecule has 3 rings (SSSR count). The zero-order chi connectivity index (χ0) is 23.0. The first kappa shape index (κ1) is 22.9. The minimum atomic E-state index is 0.797. The number of aliphatic imine (C=N–C) groups is 3. The second kappa shape index (κ2) is 8.74. The van der Waals surface area contributed by atoms with Gasteiger partial charge in [-0.1, -0.05) is 18.2 Å². The van der Waals surface area contributed by atoms with Gasteiger partial charge in [0, 0.05) is 6.42 Å². The van der Waals surface area contributed by atoms with Gasteiger partial charge in [0.1, 0.15) is 0 Å². The van der Waals surface area contributed by atoms with Crippen LogP contribution in [0.1, 0.15) is 64.8 Å². The second-order valence-corrected chi connectivity index (χ2v) is 8.96. The Labute approximate surface area is 187 Å². The highest BCUT2D eigenvalue weighted by Gasteiger charge is 2.16. The maximum atomic E-state index is 5.00. The number of aryl methyl sites for hydroxylation is 4. The number of hydrogen-bond donors (Lipinski definition) is 0. The minimum Gasteiger partial charge on any atom is -0.251 e. The van der Waals surface area contributed by atoms with Crippen LogP contribution in [0.3, 0.4) is 0 Å². The van der Waals surface area contributed by atoms with Gasteiger partial charge in [-0.15, -0.1) is 0 Å². The average Bonchev–Trinajstić information content (AvgIpc) is 3.21. The zero-order valence-electron chi connectivity index (χ0n) is 20.8. The fraction of sp³-hybridized carbons (Fsp3) is 0.393. The van der Waals surface area contributed by atoms with Crippen molar-refractivity contribution in [2.75, 3.05) is 0 Å². The third-order valence-electron chi connectivity index (χ3n) is 6.74. The van der Waals surface area contributed by atoms with Crippen molar-refractivity contribution in [3.8, 4) is 0 Å². The lowest BCUT2D eigenvalue weighted by Gasteiger charge is -2.13. The summed E-state index contributed by atoms with van der Waals surface area (Å²) < 4.78 is 0. The largest absolute Gasteiger partial charge is 0.251 e. The van der Waals surface area contributed by atoms with Gasteiger partial charge in [-0.25, -0.2) is 4.99 Å². The molecule has 0 fully saturated rings. The van der Waals surface area contributed by atoms with Gasteiger partial charge in [-0.05, 0) is 114 Å². The van der Waals surface area contributed by atoms with E-state index in [0.717, 1.165) is 40.6 Å². The Hall–Kier alpha value is -2.81. The van der Waals surface area contributed by atoms with E-state index in [1.54, 1.807) is 0 Å². The molecule has 1 heterocycles. The number of allylic oxidation sites excluding steroid dienone is 2. The molecule has 0 bridgehead atoms. The van der Waals surface area contributed by atoms with Crippen molar-refractivity contribution < 1.29 is 0 Å². The summed E-state index contributed by atoms with van der Waals surface area (Å²) in [6.45, 7) is 21.3. The van der Waals surface area contributed by atoms with Crippen LogP contribution in [0.4, 0.5) is 11.4 Å². The van der Waals surface area contributed by atoms with Gasteiger partial charge in [-0.3, -0.25) is 9.98 Å². The standard InChI is InChI=1S/C28H35N3/c1-15-13-16(2)20(6)27(19(15)5)29-23(9)25-11-12-26(31-25)24(10)30-28-21(7)17(3)14-18(4)22(28)8/h11,13-14H,12H2,1-10H3. The third-order valence-corrected chi connectivity index (χ3v) is 6.74. The molecule has 0 amide bonds. The Bertz CT molecular complexity index is 1140. The van der Waals surface area contributed by atoms with E-state index in [0.29, 0.717) is 0 Å². The number of rotatable bonds is 4. The van der Waals surface area contributed by atoms with Crippen LogP contribution in [-0.4, -0.2) is 17.1 Å². The minimum absolute atomic E-state index is 0.797. The van der Waals surface area contributed by atoms with Crippen LogP contribution in [0.2, 0.25) is 0 Å². The van der Waals surface area contributed by atoms with Gasteiger partial charge in [-0.2, -0.15) is 0 Å². The predicted octanol–water partition coefficient (Wildman–Crippen LogP) is 7.77. The first-order valence-corrected chi connectivity index (χ1v) is 11.0. The molecular formula is C28H35N3. The summed E-state index contributed by atoms with van der Waals surface area (Å²) in [6.07, 6.45) is 2.97. The summed E-state index contributed by atoms with van der Waals surface area (Å²) in [5, 5.41) is 0. The molecule has 31 heavy (non-hydrogen) atoms. The maximum absolute atomic E-state index is 5.00. The molecule has 0 aliphatic carbocycles. The lowest BCUT2D eigenvalue weighted by molar-refractivity contribution is 1.22. The van der Waals surface area contributed by atoms with Crippen molar-refractivity contribution in [1.82, 2.24) is 0 Å². The fourth-order valence-corrected chi connectivity index (χ4v) is 4.07. The van der Waals surface area contributed by atoms with Crippen LogP contribution in [0.25, 0.3) is 0 Å². The summed E-state index contributed by atoms with van der Waals surface area (Å²) in [6, 6.07) is 4.48. The molecule has 3 heteroatoms. The molecule has 0 radical (unpaired) electrons. The molecule has 0 saturated carbocycles. The van der Waals surface area contributed by atoms with Crippen molar-refractivity contribution in [3.63, 3.8) is 0 Å². The van der Waals surface area contributed by atoms with Crippen molar-refractivity contribution >= 4 is 28.5 Å². The van der Waals surface area contributed by atoms with Gasteiger partial charge in [0.2, 0.25) is 0 Å². The number of hydrogen-bond acceptors (Lipinski definition) is 3. The maximum Gasteiger partial charge on any atom is 0.0810 e. The quantitative estimate of drug-likeness (QED) is 0.459. The average molecular weight is 414 g/mol. The molecule has 1 aliphatic heterocycles. The highest BCUT2D eigenvalue weighted by Crippen LogP contribution is 2.32. The van der Waals surface area contributed by atoms with E-state index in [4.69, 9.17) is 15.0 Å². The van der Waals surface area contributed by atoms with E-state index in [1.807, 2.05) is 0 Å². The lowest BCUT2D eigenvalue weighted by atomic mass is 9.99. The van der Waals surface area contributed by atoms with Gasteiger partial charge in [0.15, 0.2) is 0 Å². The molecule has 0 N–H and O–H groups in total. The highest BCUT2D eigenvalue weighted by molar-refractivity contribution is 6.43. The van der Waals surface area contributed by atoms with Crippen LogP contribution in [0.15, 0.2) is 38.9 Å². The highest BCUT2D eigenvalue weighted by atomic mass is 14.9. The van der Waals surface area contributed by atoms with E-state index in [9.17, 15) is 0 Å².